The molecule has 0 saturated heterocycles. The van der Waals surface area contributed by atoms with Crippen molar-refractivity contribution in [3.8, 4) is 22.9 Å². The maximum absolute atomic E-state index is 10.0. The SMILES string of the molecule is CCOc1ccc(-c2nnc3n2N[C@@H](c2ccccc2O)S3)cc1. The summed E-state index contributed by atoms with van der Waals surface area (Å²) in [6.07, 6.45) is 0. The van der Waals surface area contributed by atoms with Gasteiger partial charge in [-0.25, -0.2) is 4.68 Å². The van der Waals surface area contributed by atoms with Crippen LogP contribution in [-0.2, 0) is 0 Å². The van der Waals surface area contributed by atoms with Gasteiger partial charge in [-0.15, -0.1) is 10.2 Å². The van der Waals surface area contributed by atoms with Gasteiger partial charge in [-0.1, -0.05) is 30.0 Å². The molecule has 0 amide bonds. The molecule has 24 heavy (non-hydrogen) atoms. The maximum Gasteiger partial charge on any atom is 0.212 e. The van der Waals surface area contributed by atoms with Crippen molar-refractivity contribution in [2.24, 2.45) is 0 Å². The fourth-order valence-corrected chi connectivity index (χ4v) is 3.64. The van der Waals surface area contributed by atoms with Gasteiger partial charge in [0, 0.05) is 11.1 Å². The van der Waals surface area contributed by atoms with Crippen molar-refractivity contribution in [2.75, 3.05) is 12.0 Å². The molecule has 0 fully saturated rings. The summed E-state index contributed by atoms with van der Waals surface area (Å²) in [6, 6.07) is 15.1. The molecule has 1 atom stereocenters. The number of hydrogen-bond acceptors (Lipinski definition) is 6. The zero-order chi connectivity index (χ0) is 16.5. The number of benzene rings is 2. The van der Waals surface area contributed by atoms with Gasteiger partial charge in [-0.05, 0) is 37.3 Å². The van der Waals surface area contributed by atoms with Crippen LogP contribution in [0.4, 0.5) is 0 Å². The molecule has 0 spiro atoms. The average molecular weight is 340 g/mol. The maximum atomic E-state index is 10.0. The molecular weight excluding hydrogens is 324 g/mol. The highest BCUT2D eigenvalue weighted by atomic mass is 32.2. The Morgan fingerprint density at radius 2 is 1.96 bits per heavy atom. The summed E-state index contributed by atoms with van der Waals surface area (Å²) in [6.45, 7) is 2.60. The molecule has 0 aliphatic carbocycles. The summed E-state index contributed by atoms with van der Waals surface area (Å²) in [5, 5.41) is 19.2. The van der Waals surface area contributed by atoms with Gasteiger partial charge in [-0.2, -0.15) is 0 Å². The third-order valence-electron chi connectivity index (χ3n) is 3.75. The Balaban J connectivity index is 1.61. The van der Waals surface area contributed by atoms with E-state index in [1.165, 1.54) is 11.8 Å². The lowest BCUT2D eigenvalue weighted by Gasteiger charge is -2.13. The lowest BCUT2D eigenvalue weighted by Crippen LogP contribution is -2.13. The van der Waals surface area contributed by atoms with Crippen LogP contribution in [0.5, 0.6) is 11.5 Å². The molecule has 0 saturated carbocycles. The molecule has 2 N–H and O–H groups in total. The third-order valence-corrected chi connectivity index (χ3v) is 4.82. The Hall–Kier alpha value is -2.67. The normalized spacial score (nSPS) is 15.8. The number of fused-ring (bicyclic) bond motifs is 1. The number of thioether (sulfide) groups is 1. The minimum atomic E-state index is -0.0989. The third kappa shape index (κ3) is 2.56. The number of ether oxygens (including phenoxy) is 1. The highest BCUT2D eigenvalue weighted by Crippen LogP contribution is 2.42. The van der Waals surface area contributed by atoms with Crippen molar-refractivity contribution >= 4 is 11.8 Å². The van der Waals surface area contributed by atoms with Gasteiger partial charge in [0.1, 0.15) is 16.9 Å². The lowest BCUT2D eigenvalue weighted by molar-refractivity contribution is 0.340. The first kappa shape index (κ1) is 14.9. The summed E-state index contributed by atoms with van der Waals surface area (Å²) in [5.74, 6) is 1.83. The number of para-hydroxylation sites is 1. The first-order chi connectivity index (χ1) is 11.8. The van der Waals surface area contributed by atoms with E-state index in [-0.39, 0.29) is 11.1 Å². The van der Waals surface area contributed by atoms with Crippen LogP contribution in [0.1, 0.15) is 17.9 Å². The van der Waals surface area contributed by atoms with E-state index in [2.05, 4.69) is 15.6 Å². The highest BCUT2D eigenvalue weighted by Gasteiger charge is 2.29. The largest absolute Gasteiger partial charge is 0.508 e. The number of phenolic OH excluding ortho intramolecular Hbond substituents is 1. The van der Waals surface area contributed by atoms with Crippen LogP contribution in [0.15, 0.2) is 53.7 Å². The summed E-state index contributed by atoms with van der Waals surface area (Å²) in [7, 11) is 0. The number of nitrogens with one attached hydrogen (secondary N) is 1. The van der Waals surface area contributed by atoms with Crippen molar-refractivity contribution in [1.82, 2.24) is 14.9 Å². The molecular formula is C17H16N4O2S. The summed E-state index contributed by atoms with van der Waals surface area (Å²) in [4.78, 5) is 0. The van der Waals surface area contributed by atoms with Gasteiger partial charge in [0.25, 0.3) is 0 Å². The zero-order valence-electron chi connectivity index (χ0n) is 13.0. The van der Waals surface area contributed by atoms with E-state index >= 15 is 0 Å². The molecule has 2 aromatic carbocycles. The van der Waals surface area contributed by atoms with Gasteiger partial charge >= 0.3 is 0 Å². The second-order valence-electron chi connectivity index (χ2n) is 5.28. The first-order valence-corrected chi connectivity index (χ1v) is 8.54. The van der Waals surface area contributed by atoms with Crippen molar-refractivity contribution in [1.29, 1.82) is 0 Å². The number of hydrogen-bond donors (Lipinski definition) is 2. The van der Waals surface area contributed by atoms with E-state index in [1.54, 1.807) is 6.07 Å². The Kier molecular flexibility index (Phi) is 3.78. The van der Waals surface area contributed by atoms with Crippen molar-refractivity contribution in [3.05, 3.63) is 54.1 Å². The number of rotatable bonds is 4. The average Bonchev–Trinajstić information content (AvgIpc) is 3.17. The molecule has 0 unspecified atom stereocenters. The summed E-state index contributed by atoms with van der Waals surface area (Å²) in [5.41, 5.74) is 5.11. The molecule has 122 valence electrons. The minimum Gasteiger partial charge on any atom is -0.508 e. The molecule has 0 radical (unpaired) electrons. The van der Waals surface area contributed by atoms with Gasteiger partial charge in [-0.3, -0.25) is 0 Å². The van der Waals surface area contributed by atoms with Gasteiger partial charge < -0.3 is 15.3 Å². The highest BCUT2D eigenvalue weighted by molar-refractivity contribution is 7.99. The van der Waals surface area contributed by atoms with E-state index in [9.17, 15) is 5.11 Å². The van der Waals surface area contributed by atoms with E-state index in [1.807, 2.05) is 54.1 Å². The van der Waals surface area contributed by atoms with E-state index in [4.69, 9.17) is 4.74 Å². The number of phenols is 1. The molecule has 1 aliphatic rings. The predicted octanol–water partition coefficient (Wildman–Crippen LogP) is 3.40. The fraction of sp³-hybridized carbons (Fsp3) is 0.176. The Labute approximate surface area is 143 Å². The van der Waals surface area contributed by atoms with E-state index in [0.29, 0.717) is 6.61 Å². The molecule has 0 bridgehead atoms. The quantitative estimate of drug-likeness (QED) is 0.758. The zero-order valence-corrected chi connectivity index (χ0v) is 13.8. The van der Waals surface area contributed by atoms with Crippen molar-refractivity contribution in [3.63, 3.8) is 0 Å². The Morgan fingerprint density at radius 1 is 1.17 bits per heavy atom. The molecule has 7 heteroatoms. The number of aromatic hydroxyl groups is 1. The lowest BCUT2D eigenvalue weighted by atomic mass is 10.2. The van der Waals surface area contributed by atoms with Crippen molar-refractivity contribution in [2.45, 2.75) is 17.5 Å². The molecule has 3 aromatic rings. The van der Waals surface area contributed by atoms with Crippen LogP contribution in [0.2, 0.25) is 0 Å². The second kappa shape index (κ2) is 6.09. The van der Waals surface area contributed by atoms with Crippen LogP contribution >= 0.6 is 11.8 Å². The van der Waals surface area contributed by atoms with Crippen molar-refractivity contribution < 1.29 is 9.84 Å². The first-order valence-electron chi connectivity index (χ1n) is 7.66. The van der Waals surface area contributed by atoms with Crippen LogP contribution in [0.3, 0.4) is 0 Å². The predicted molar refractivity (Wildman–Crippen MR) is 92.7 cm³/mol. The van der Waals surface area contributed by atoms with E-state index in [0.717, 1.165) is 27.9 Å². The standard InChI is InChI=1S/C17H16N4O2S/c1-2-23-12-9-7-11(8-10-12)15-18-19-17-21(15)20-16(24-17)13-5-3-4-6-14(13)22/h3-10,16,20,22H,2H2,1H3/t16-/m1/s1. The molecule has 1 aliphatic heterocycles. The minimum absolute atomic E-state index is 0.0989. The van der Waals surface area contributed by atoms with Gasteiger partial charge in [0.2, 0.25) is 5.16 Å². The Bertz CT molecular complexity index is 863. The molecule has 1 aromatic heterocycles. The molecule has 6 nitrogen and oxygen atoms in total. The van der Waals surface area contributed by atoms with Gasteiger partial charge in [0.15, 0.2) is 5.82 Å². The van der Waals surface area contributed by atoms with Crippen LogP contribution in [-0.4, -0.2) is 26.6 Å². The van der Waals surface area contributed by atoms with Gasteiger partial charge in [0.05, 0.1) is 6.61 Å². The van der Waals surface area contributed by atoms with E-state index < -0.39 is 0 Å². The smallest absolute Gasteiger partial charge is 0.212 e. The van der Waals surface area contributed by atoms with Crippen LogP contribution in [0.25, 0.3) is 11.4 Å². The fourth-order valence-electron chi connectivity index (χ4n) is 2.61. The molecule has 4 rings (SSSR count). The number of nitrogens with zero attached hydrogens (tertiary/aromatic N) is 3. The Morgan fingerprint density at radius 3 is 2.71 bits per heavy atom. The topological polar surface area (TPSA) is 72.2 Å². The van der Waals surface area contributed by atoms with Crippen LogP contribution < -0.4 is 10.2 Å². The van der Waals surface area contributed by atoms with Crippen LogP contribution in [0, 0.1) is 0 Å². The summed E-state index contributed by atoms with van der Waals surface area (Å²) < 4.78 is 7.33. The monoisotopic (exact) mass is 340 g/mol. The second-order valence-corrected chi connectivity index (χ2v) is 6.36. The number of aromatic nitrogens is 3. The molecule has 2 heterocycles. The summed E-state index contributed by atoms with van der Waals surface area (Å²) >= 11 is 1.52.